The van der Waals surface area contributed by atoms with Crippen molar-refractivity contribution in [2.75, 3.05) is 0 Å². The van der Waals surface area contributed by atoms with Crippen LogP contribution in [0.5, 0.6) is 0 Å². The lowest BCUT2D eigenvalue weighted by Crippen LogP contribution is -2.22. The van der Waals surface area contributed by atoms with Gasteiger partial charge in [0.2, 0.25) is 5.95 Å². The van der Waals surface area contributed by atoms with Crippen LogP contribution in [0.1, 0.15) is 5.56 Å². The molecular formula is C10H9ClFN3O2. The molecule has 0 bridgehead atoms. The Morgan fingerprint density at radius 2 is 2.00 bits per heavy atom. The molecule has 0 saturated heterocycles. The predicted octanol–water partition coefficient (Wildman–Crippen LogP) is 0.995. The Kier molecular flexibility index (Phi) is 3.80. The third-order valence-electron chi connectivity index (χ3n) is 2.09. The SMILES string of the molecule is Cc1cnc(F)c(-c2c[nH]c(=O)[nH]c2=O)c1.Cl. The number of rotatable bonds is 1. The van der Waals surface area contributed by atoms with E-state index in [-0.39, 0.29) is 23.5 Å². The third-order valence-corrected chi connectivity index (χ3v) is 2.09. The smallest absolute Gasteiger partial charge is 0.313 e. The molecule has 0 fully saturated rings. The molecule has 2 heterocycles. The van der Waals surface area contributed by atoms with Crippen LogP contribution in [0.15, 0.2) is 28.0 Å². The second kappa shape index (κ2) is 4.92. The largest absolute Gasteiger partial charge is 0.325 e. The van der Waals surface area contributed by atoms with Crippen molar-refractivity contribution < 1.29 is 4.39 Å². The highest BCUT2D eigenvalue weighted by Crippen LogP contribution is 2.17. The van der Waals surface area contributed by atoms with Crippen molar-refractivity contribution in [3.05, 3.63) is 50.8 Å². The maximum atomic E-state index is 13.4. The van der Waals surface area contributed by atoms with E-state index in [0.29, 0.717) is 0 Å². The number of H-pyrrole nitrogens is 2. The molecular weight excluding hydrogens is 249 g/mol. The van der Waals surface area contributed by atoms with Gasteiger partial charge in [-0.2, -0.15) is 4.39 Å². The van der Waals surface area contributed by atoms with Crippen molar-refractivity contribution in [3.8, 4) is 11.1 Å². The Hall–Kier alpha value is -1.95. The van der Waals surface area contributed by atoms with Gasteiger partial charge in [0.05, 0.1) is 5.56 Å². The molecule has 0 spiro atoms. The normalized spacial score (nSPS) is 9.76. The van der Waals surface area contributed by atoms with E-state index in [1.165, 1.54) is 18.5 Å². The minimum Gasteiger partial charge on any atom is -0.313 e. The Bertz CT molecular complexity index is 650. The highest BCUT2D eigenvalue weighted by atomic mass is 35.5. The minimum absolute atomic E-state index is 0. The number of halogens is 2. The van der Waals surface area contributed by atoms with Crippen molar-refractivity contribution >= 4 is 12.4 Å². The number of aromatic nitrogens is 3. The van der Waals surface area contributed by atoms with Crippen LogP contribution in [0.3, 0.4) is 0 Å². The summed E-state index contributed by atoms with van der Waals surface area (Å²) in [6, 6.07) is 1.49. The van der Waals surface area contributed by atoms with Crippen molar-refractivity contribution in [1.82, 2.24) is 15.0 Å². The summed E-state index contributed by atoms with van der Waals surface area (Å²) in [5.74, 6) is -0.747. The van der Waals surface area contributed by atoms with Gasteiger partial charge in [0.25, 0.3) is 5.56 Å². The average Bonchev–Trinajstić information content (AvgIpc) is 2.22. The highest BCUT2D eigenvalue weighted by Gasteiger charge is 2.10. The van der Waals surface area contributed by atoms with Gasteiger partial charge in [0.15, 0.2) is 0 Å². The van der Waals surface area contributed by atoms with Crippen LogP contribution in [0.4, 0.5) is 4.39 Å². The lowest BCUT2D eigenvalue weighted by Gasteiger charge is -2.01. The van der Waals surface area contributed by atoms with Crippen molar-refractivity contribution in [2.45, 2.75) is 6.92 Å². The Labute approximate surface area is 101 Å². The monoisotopic (exact) mass is 257 g/mol. The molecule has 0 aromatic carbocycles. The van der Waals surface area contributed by atoms with Gasteiger partial charge in [-0.1, -0.05) is 0 Å². The first-order valence-corrected chi connectivity index (χ1v) is 4.52. The number of aromatic amines is 2. The Morgan fingerprint density at radius 1 is 1.29 bits per heavy atom. The summed E-state index contributed by atoms with van der Waals surface area (Å²) in [6.07, 6.45) is 2.53. The van der Waals surface area contributed by atoms with Gasteiger partial charge in [-0.3, -0.25) is 9.78 Å². The number of pyridine rings is 1. The number of hydrogen-bond acceptors (Lipinski definition) is 3. The van der Waals surface area contributed by atoms with E-state index in [2.05, 4.69) is 9.97 Å². The lowest BCUT2D eigenvalue weighted by atomic mass is 10.1. The molecule has 17 heavy (non-hydrogen) atoms. The zero-order valence-electron chi connectivity index (χ0n) is 8.78. The summed E-state index contributed by atoms with van der Waals surface area (Å²) in [5.41, 5.74) is -0.433. The molecule has 90 valence electrons. The molecule has 0 aliphatic rings. The van der Waals surface area contributed by atoms with Crippen molar-refractivity contribution in [2.24, 2.45) is 0 Å². The molecule has 2 aromatic heterocycles. The number of aryl methyl sites for hydroxylation is 1. The first kappa shape index (κ1) is 13.1. The summed E-state index contributed by atoms with van der Waals surface area (Å²) in [4.78, 5) is 30.0. The fraction of sp³-hybridized carbons (Fsp3) is 0.100. The molecule has 0 aliphatic carbocycles. The van der Waals surface area contributed by atoms with Crippen molar-refractivity contribution in [3.63, 3.8) is 0 Å². The van der Waals surface area contributed by atoms with Gasteiger partial charge < -0.3 is 4.98 Å². The zero-order valence-corrected chi connectivity index (χ0v) is 9.60. The van der Waals surface area contributed by atoms with E-state index in [4.69, 9.17) is 0 Å². The summed E-state index contributed by atoms with van der Waals surface area (Å²) >= 11 is 0. The number of hydrogen-bond donors (Lipinski definition) is 2. The van der Waals surface area contributed by atoms with E-state index >= 15 is 0 Å². The van der Waals surface area contributed by atoms with E-state index in [0.717, 1.165) is 5.56 Å². The van der Waals surface area contributed by atoms with Crippen LogP contribution in [0.25, 0.3) is 11.1 Å². The van der Waals surface area contributed by atoms with Crippen LogP contribution >= 0.6 is 12.4 Å². The molecule has 5 nitrogen and oxygen atoms in total. The first-order valence-electron chi connectivity index (χ1n) is 4.52. The van der Waals surface area contributed by atoms with Crippen molar-refractivity contribution in [1.29, 1.82) is 0 Å². The van der Waals surface area contributed by atoms with E-state index in [1.54, 1.807) is 6.92 Å². The predicted molar refractivity (Wildman–Crippen MR) is 62.9 cm³/mol. The standard InChI is InChI=1S/C10H8FN3O2.ClH/c1-5-2-6(8(11)12-3-5)7-4-13-10(16)14-9(7)15;/h2-4H,1H3,(H2,13,14,15,16);1H. The Balaban J connectivity index is 0.00000144. The van der Waals surface area contributed by atoms with Crippen LogP contribution in [-0.4, -0.2) is 15.0 Å². The van der Waals surface area contributed by atoms with E-state index in [9.17, 15) is 14.0 Å². The van der Waals surface area contributed by atoms with Gasteiger partial charge >= 0.3 is 5.69 Å². The number of nitrogens with zero attached hydrogens (tertiary/aromatic N) is 1. The maximum Gasteiger partial charge on any atom is 0.325 e. The summed E-state index contributed by atoms with van der Waals surface area (Å²) in [7, 11) is 0. The summed E-state index contributed by atoms with van der Waals surface area (Å²) in [5, 5.41) is 0. The minimum atomic E-state index is -0.747. The zero-order chi connectivity index (χ0) is 11.7. The van der Waals surface area contributed by atoms with E-state index < -0.39 is 17.2 Å². The van der Waals surface area contributed by atoms with Crippen LogP contribution in [0.2, 0.25) is 0 Å². The molecule has 0 saturated carbocycles. The first-order chi connectivity index (χ1) is 7.58. The second-order valence-electron chi connectivity index (χ2n) is 3.34. The van der Waals surface area contributed by atoms with Gasteiger partial charge in [0, 0.05) is 18.0 Å². The summed E-state index contributed by atoms with van der Waals surface area (Å²) in [6.45, 7) is 1.73. The molecule has 0 radical (unpaired) electrons. The van der Waals surface area contributed by atoms with Gasteiger partial charge in [-0.05, 0) is 18.6 Å². The molecule has 2 aromatic rings. The van der Waals surface area contributed by atoms with Crippen LogP contribution in [-0.2, 0) is 0 Å². The van der Waals surface area contributed by atoms with Crippen LogP contribution in [0, 0.1) is 12.9 Å². The molecule has 0 atom stereocenters. The average molecular weight is 258 g/mol. The number of nitrogens with one attached hydrogen (secondary N) is 2. The van der Waals surface area contributed by atoms with Gasteiger partial charge in [-0.15, -0.1) is 12.4 Å². The van der Waals surface area contributed by atoms with Gasteiger partial charge in [0.1, 0.15) is 0 Å². The molecule has 0 amide bonds. The van der Waals surface area contributed by atoms with Gasteiger partial charge in [-0.25, -0.2) is 9.78 Å². The maximum absolute atomic E-state index is 13.4. The topological polar surface area (TPSA) is 78.6 Å². The molecule has 2 rings (SSSR count). The molecule has 0 unspecified atom stereocenters. The summed E-state index contributed by atoms with van der Waals surface area (Å²) < 4.78 is 13.4. The highest BCUT2D eigenvalue weighted by molar-refractivity contribution is 5.85. The fourth-order valence-corrected chi connectivity index (χ4v) is 1.35. The molecule has 0 aliphatic heterocycles. The van der Waals surface area contributed by atoms with Crippen LogP contribution < -0.4 is 11.2 Å². The third kappa shape index (κ3) is 2.59. The Morgan fingerprint density at radius 3 is 2.65 bits per heavy atom. The van der Waals surface area contributed by atoms with E-state index in [1.807, 2.05) is 4.98 Å². The quantitative estimate of drug-likeness (QED) is 0.748. The molecule has 7 heteroatoms. The lowest BCUT2D eigenvalue weighted by molar-refractivity contribution is 0.586. The second-order valence-corrected chi connectivity index (χ2v) is 3.34. The fourth-order valence-electron chi connectivity index (χ4n) is 1.35. The molecule has 2 N–H and O–H groups in total.